The molecule has 1 aromatic carbocycles. The normalized spacial score (nSPS) is 18.0. The summed E-state index contributed by atoms with van der Waals surface area (Å²) in [5.41, 5.74) is 1.18. The van der Waals surface area contributed by atoms with Gasteiger partial charge in [0.25, 0.3) is 0 Å². The molecule has 0 saturated carbocycles. The number of benzene rings is 1. The Morgan fingerprint density at radius 2 is 2.00 bits per heavy atom. The van der Waals surface area contributed by atoms with Gasteiger partial charge in [0.05, 0.1) is 12.6 Å². The van der Waals surface area contributed by atoms with Crippen molar-refractivity contribution in [1.29, 1.82) is 0 Å². The van der Waals surface area contributed by atoms with Crippen LogP contribution in [0.1, 0.15) is 38.3 Å². The molecule has 1 aromatic rings. The maximum Gasteiger partial charge on any atom is 0.222 e. The quantitative estimate of drug-likeness (QED) is 0.329. The molecule has 0 bridgehead atoms. The number of aliphatic imine (C=N–C) groups is 1. The van der Waals surface area contributed by atoms with E-state index in [0.717, 1.165) is 37.0 Å². The number of amides is 1. The van der Waals surface area contributed by atoms with E-state index in [1.165, 1.54) is 5.56 Å². The second-order valence-electron chi connectivity index (χ2n) is 7.07. The van der Waals surface area contributed by atoms with Crippen molar-refractivity contribution in [2.75, 3.05) is 40.3 Å². The van der Waals surface area contributed by atoms with Gasteiger partial charge in [0, 0.05) is 37.1 Å². The summed E-state index contributed by atoms with van der Waals surface area (Å²) in [4.78, 5) is 20.8. The van der Waals surface area contributed by atoms with Gasteiger partial charge in [-0.2, -0.15) is 0 Å². The summed E-state index contributed by atoms with van der Waals surface area (Å²) >= 11 is 6.02. The van der Waals surface area contributed by atoms with E-state index in [9.17, 15) is 4.79 Å². The fourth-order valence-corrected chi connectivity index (χ4v) is 3.40. The van der Waals surface area contributed by atoms with Crippen LogP contribution < -0.4 is 10.6 Å². The molecule has 158 valence electrons. The molecule has 28 heavy (non-hydrogen) atoms. The minimum atomic E-state index is 0. The Morgan fingerprint density at radius 3 is 2.57 bits per heavy atom. The number of hydrogen-bond donors (Lipinski definition) is 2. The van der Waals surface area contributed by atoms with Crippen LogP contribution in [-0.2, 0) is 4.79 Å². The van der Waals surface area contributed by atoms with Crippen LogP contribution in [0.5, 0.6) is 0 Å². The maximum absolute atomic E-state index is 11.9. The highest BCUT2D eigenvalue weighted by Crippen LogP contribution is 2.21. The van der Waals surface area contributed by atoms with Crippen LogP contribution in [0.25, 0.3) is 0 Å². The number of carbonyl (C=O) groups is 1. The van der Waals surface area contributed by atoms with E-state index in [1.54, 1.807) is 0 Å². The lowest BCUT2D eigenvalue weighted by Crippen LogP contribution is -2.45. The molecule has 2 N–H and O–H groups in total. The van der Waals surface area contributed by atoms with Crippen LogP contribution in [0.2, 0.25) is 5.02 Å². The van der Waals surface area contributed by atoms with Crippen molar-refractivity contribution in [2.45, 2.75) is 38.8 Å². The van der Waals surface area contributed by atoms with E-state index in [-0.39, 0.29) is 42.0 Å². The van der Waals surface area contributed by atoms with Crippen LogP contribution in [0.3, 0.4) is 0 Å². The largest absolute Gasteiger partial charge is 0.357 e. The average Bonchev–Trinajstić information content (AvgIpc) is 3.11. The summed E-state index contributed by atoms with van der Waals surface area (Å²) in [7, 11) is 4.11. The van der Waals surface area contributed by atoms with E-state index < -0.39 is 0 Å². The number of nitrogens with one attached hydrogen (secondary N) is 2. The Labute approximate surface area is 191 Å². The zero-order valence-corrected chi connectivity index (χ0v) is 20.3. The molecule has 8 heteroatoms. The molecule has 1 fully saturated rings. The molecule has 1 amide bonds. The number of hydrogen-bond acceptors (Lipinski definition) is 3. The fraction of sp³-hybridized carbons (Fsp3) is 0.600. The maximum atomic E-state index is 11.9. The molecule has 1 saturated heterocycles. The Bertz CT molecular complexity index is 638. The van der Waals surface area contributed by atoms with Crippen molar-refractivity contribution in [3.8, 4) is 0 Å². The zero-order chi connectivity index (χ0) is 19.8. The van der Waals surface area contributed by atoms with Gasteiger partial charge in [-0.1, -0.05) is 30.7 Å². The van der Waals surface area contributed by atoms with Crippen LogP contribution in [-0.4, -0.2) is 68.0 Å². The van der Waals surface area contributed by atoms with Gasteiger partial charge in [-0.3, -0.25) is 9.79 Å². The number of carbonyl (C=O) groups excluding carboxylic acids is 1. The standard InChI is InChI=1S/C20H32ClN5O.HI/c1-5-19(27)26-12-11-17(14-26)24-20(22-6-2)23-13-18(25(3)4)15-7-9-16(21)10-8-15;/h7-10,17-18H,5-6,11-14H2,1-4H3,(H2,22,23,24);1H. The fourth-order valence-electron chi connectivity index (χ4n) is 3.27. The number of rotatable bonds is 7. The third-order valence-corrected chi connectivity index (χ3v) is 5.08. The average molecular weight is 522 g/mol. The molecular weight excluding hydrogens is 489 g/mol. The summed E-state index contributed by atoms with van der Waals surface area (Å²) in [6.45, 7) is 6.95. The van der Waals surface area contributed by atoms with Gasteiger partial charge in [0.2, 0.25) is 5.91 Å². The summed E-state index contributed by atoms with van der Waals surface area (Å²) in [6, 6.07) is 8.34. The summed E-state index contributed by atoms with van der Waals surface area (Å²) in [5, 5.41) is 7.54. The topological polar surface area (TPSA) is 60.0 Å². The molecule has 0 radical (unpaired) electrons. The van der Waals surface area contributed by atoms with Gasteiger partial charge >= 0.3 is 0 Å². The molecule has 2 unspecified atom stereocenters. The summed E-state index contributed by atoms with van der Waals surface area (Å²) < 4.78 is 0. The second-order valence-corrected chi connectivity index (χ2v) is 7.51. The number of halogens is 2. The van der Waals surface area contributed by atoms with E-state index in [0.29, 0.717) is 13.0 Å². The number of likely N-dealkylation sites (tertiary alicyclic amines) is 1. The van der Waals surface area contributed by atoms with Gasteiger partial charge in [0.15, 0.2) is 5.96 Å². The summed E-state index contributed by atoms with van der Waals surface area (Å²) in [5.74, 6) is 1.02. The van der Waals surface area contributed by atoms with Gasteiger partial charge < -0.3 is 20.4 Å². The van der Waals surface area contributed by atoms with Crippen molar-refractivity contribution in [3.05, 3.63) is 34.9 Å². The second kappa shape index (κ2) is 12.5. The van der Waals surface area contributed by atoms with Crippen LogP contribution in [0.15, 0.2) is 29.3 Å². The lowest BCUT2D eigenvalue weighted by Gasteiger charge is -2.24. The molecule has 0 spiro atoms. The van der Waals surface area contributed by atoms with E-state index in [4.69, 9.17) is 16.6 Å². The first kappa shape index (κ1) is 25.0. The SMILES string of the molecule is CCNC(=NCC(c1ccc(Cl)cc1)N(C)C)NC1CCN(C(=O)CC)C1.I. The number of guanidine groups is 1. The van der Waals surface area contributed by atoms with Gasteiger partial charge in [0.1, 0.15) is 0 Å². The highest BCUT2D eigenvalue weighted by molar-refractivity contribution is 14.0. The molecule has 0 aliphatic carbocycles. The van der Waals surface area contributed by atoms with Gasteiger partial charge in [-0.15, -0.1) is 24.0 Å². The van der Waals surface area contributed by atoms with E-state index in [2.05, 4.69) is 36.6 Å². The van der Waals surface area contributed by atoms with E-state index >= 15 is 0 Å². The molecule has 1 aliphatic rings. The Morgan fingerprint density at radius 1 is 1.32 bits per heavy atom. The first-order valence-corrected chi connectivity index (χ1v) is 10.1. The molecule has 0 aromatic heterocycles. The highest BCUT2D eigenvalue weighted by atomic mass is 127. The van der Waals surface area contributed by atoms with Crippen LogP contribution >= 0.6 is 35.6 Å². The third kappa shape index (κ3) is 7.40. The van der Waals surface area contributed by atoms with Crippen molar-refractivity contribution in [3.63, 3.8) is 0 Å². The first-order valence-electron chi connectivity index (χ1n) is 9.69. The Hall–Kier alpha value is -1.06. The van der Waals surface area contributed by atoms with Crippen LogP contribution in [0, 0.1) is 0 Å². The molecule has 2 rings (SSSR count). The monoisotopic (exact) mass is 521 g/mol. The Balaban J connectivity index is 0.00000392. The predicted molar refractivity (Wildman–Crippen MR) is 128 cm³/mol. The van der Waals surface area contributed by atoms with E-state index in [1.807, 2.05) is 36.1 Å². The third-order valence-electron chi connectivity index (χ3n) is 4.83. The highest BCUT2D eigenvalue weighted by Gasteiger charge is 2.26. The molecular formula is C20H33ClIN5O. The number of nitrogens with zero attached hydrogens (tertiary/aromatic N) is 3. The van der Waals surface area contributed by atoms with Gasteiger partial charge in [-0.05, 0) is 45.1 Å². The zero-order valence-electron chi connectivity index (χ0n) is 17.2. The van der Waals surface area contributed by atoms with Crippen LogP contribution in [0.4, 0.5) is 0 Å². The number of likely N-dealkylation sites (N-methyl/N-ethyl adjacent to an activating group) is 1. The molecule has 1 aliphatic heterocycles. The van der Waals surface area contributed by atoms with Crippen molar-refractivity contribution in [1.82, 2.24) is 20.4 Å². The Kier molecular flexibility index (Phi) is 11.1. The first-order chi connectivity index (χ1) is 12.9. The lowest BCUT2D eigenvalue weighted by atomic mass is 10.1. The van der Waals surface area contributed by atoms with Crippen molar-refractivity contribution >= 4 is 47.4 Å². The predicted octanol–water partition coefficient (Wildman–Crippen LogP) is 3.13. The van der Waals surface area contributed by atoms with Gasteiger partial charge in [-0.25, -0.2) is 0 Å². The minimum Gasteiger partial charge on any atom is -0.357 e. The molecule has 2 atom stereocenters. The van der Waals surface area contributed by atoms with Crippen molar-refractivity contribution in [2.24, 2.45) is 4.99 Å². The lowest BCUT2D eigenvalue weighted by molar-refractivity contribution is -0.129. The smallest absolute Gasteiger partial charge is 0.222 e. The molecule has 6 nitrogen and oxygen atoms in total. The van der Waals surface area contributed by atoms with Crippen molar-refractivity contribution < 1.29 is 4.79 Å². The minimum absolute atomic E-state index is 0. The summed E-state index contributed by atoms with van der Waals surface area (Å²) in [6.07, 6.45) is 1.51. The molecule has 1 heterocycles.